The van der Waals surface area contributed by atoms with Gasteiger partial charge >= 0.3 is 0 Å². The SMILES string of the molecule is CCCC(=O)c1ccn(Cc2cc(F)ccc2F)c1. The van der Waals surface area contributed by atoms with Gasteiger partial charge in [0.1, 0.15) is 11.6 Å². The molecule has 1 heterocycles. The van der Waals surface area contributed by atoms with Crippen molar-refractivity contribution in [1.82, 2.24) is 4.57 Å². The van der Waals surface area contributed by atoms with Crippen molar-refractivity contribution in [3.05, 3.63) is 59.4 Å². The molecule has 0 amide bonds. The first-order chi connectivity index (χ1) is 9.10. The molecule has 0 radical (unpaired) electrons. The van der Waals surface area contributed by atoms with E-state index in [4.69, 9.17) is 0 Å². The number of aromatic nitrogens is 1. The van der Waals surface area contributed by atoms with Gasteiger partial charge in [0, 0.05) is 29.9 Å². The molecule has 0 N–H and O–H groups in total. The van der Waals surface area contributed by atoms with E-state index in [-0.39, 0.29) is 17.9 Å². The fourth-order valence-electron chi connectivity index (χ4n) is 1.94. The third-order valence-electron chi connectivity index (χ3n) is 2.91. The van der Waals surface area contributed by atoms with Gasteiger partial charge in [-0.1, -0.05) is 6.92 Å². The van der Waals surface area contributed by atoms with Gasteiger partial charge in [0.25, 0.3) is 0 Å². The predicted molar refractivity (Wildman–Crippen MR) is 69.1 cm³/mol. The average molecular weight is 263 g/mol. The number of hydrogen-bond donors (Lipinski definition) is 0. The molecule has 1 aromatic carbocycles. The third kappa shape index (κ3) is 3.28. The third-order valence-corrected chi connectivity index (χ3v) is 2.91. The lowest BCUT2D eigenvalue weighted by Crippen LogP contribution is -2.01. The van der Waals surface area contributed by atoms with Gasteiger partial charge in [-0.05, 0) is 30.7 Å². The Kier molecular flexibility index (Phi) is 4.10. The number of halogens is 2. The minimum atomic E-state index is -0.467. The van der Waals surface area contributed by atoms with Gasteiger partial charge in [-0.3, -0.25) is 4.79 Å². The van der Waals surface area contributed by atoms with Crippen molar-refractivity contribution < 1.29 is 13.6 Å². The lowest BCUT2D eigenvalue weighted by Gasteiger charge is -2.04. The Morgan fingerprint density at radius 3 is 2.79 bits per heavy atom. The average Bonchev–Trinajstić information content (AvgIpc) is 2.83. The van der Waals surface area contributed by atoms with Crippen LogP contribution in [0.15, 0.2) is 36.7 Å². The Bertz CT molecular complexity index is 590. The number of ketones is 1. The molecule has 19 heavy (non-hydrogen) atoms. The van der Waals surface area contributed by atoms with Crippen molar-refractivity contribution >= 4 is 5.78 Å². The molecule has 0 bridgehead atoms. The predicted octanol–water partition coefficient (Wildman–Crippen LogP) is 3.80. The van der Waals surface area contributed by atoms with Crippen molar-refractivity contribution in [2.45, 2.75) is 26.3 Å². The fraction of sp³-hybridized carbons (Fsp3) is 0.267. The van der Waals surface area contributed by atoms with Crippen molar-refractivity contribution in [3.8, 4) is 0 Å². The molecule has 0 saturated carbocycles. The second-order valence-corrected chi connectivity index (χ2v) is 4.48. The Hall–Kier alpha value is -1.97. The van der Waals surface area contributed by atoms with Crippen LogP contribution < -0.4 is 0 Å². The first-order valence-electron chi connectivity index (χ1n) is 6.23. The molecule has 4 heteroatoms. The van der Waals surface area contributed by atoms with E-state index < -0.39 is 11.6 Å². The summed E-state index contributed by atoms with van der Waals surface area (Å²) in [5, 5.41) is 0. The lowest BCUT2D eigenvalue weighted by atomic mass is 10.1. The summed E-state index contributed by atoms with van der Waals surface area (Å²) in [6.45, 7) is 2.15. The zero-order valence-electron chi connectivity index (χ0n) is 10.7. The van der Waals surface area contributed by atoms with E-state index in [2.05, 4.69) is 0 Å². The van der Waals surface area contributed by atoms with Crippen LogP contribution in [-0.4, -0.2) is 10.4 Å². The van der Waals surface area contributed by atoms with Crippen LogP contribution in [0, 0.1) is 11.6 Å². The van der Waals surface area contributed by atoms with E-state index in [1.165, 1.54) is 6.07 Å². The van der Waals surface area contributed by atoms with Crippen molar-refractivity contribution in [2.24, 2.45) is 0 Å². The molecule has 0 fully saturated rings. The van der Waals surface area contributed by atoms with Crippen molar-refractivity contribution in [2.75, 3.05) is 0 Å². The number of benzene rings is 1. The first kappa shape index (κ1) is 13.5. The Balaban J connectivity index is 2.15. The van der Waals surface area contributed by atoms with E-state index in [1.807, 2.05) is 6.92 Å². The van der Waals surface area contributed by atoms with Gasteiger partial charge in [-0.25, -0.2) is 8.78 Å². The Labute approximate surface area is 110 Å². The van der Waals surface area contributed by atoms with E-state index >= 15 is 0 Å². The molecule has 0 aliphatic heterocycles. The number of nitrogens with zero attached hydrogens (tertiary/aromatic N) is 1. The molecule has 2 rings (SSSR count). The molecule has 0 unspecified atom stereocenters. The molecule has 0 aliphatic rings. The van der Waals surface area contributed by atoms with Crippen LogP contribution in [0.25, 0.3) is 0 Å². The van der Waals surface area contributed by atoms with Gasteiger partial charge in [0.15, 0.2) is 5.78 Å². The quantitative estimate of drug-likeness (QED) is 0.752. The maximum Gasteiger partial charge on any atom is 0.164 e. The van der Waals surface area contributed by atoms with Gasteiger partial charge in [-0.2, -0.15) is 0 Å². The van der Waals surface area contributed by atoms with Crippen LogP contribution in [0.4, 0.5) is 8.78 Å². The largest absolute Gasteiger partial charge is 0.349 e. The van der Waals surface area contributed by atoms with Gasteiger partial charge in [-0.15, -0.1) is 0 Å². The van der Waals surface area contributed by atoms with Crippen LogP contribution in [0.5, 0.6) is 0 Å². The number of Topliss-reactive ketones (excluding diaryl/α,β-unsaturated/α-hetero) is 1. The summed E-state index contributed by atoms with van der Waals surface area (Å²) in [6, 6.07) is 5.07. The van der Waals surface area contributed by atoms with E-state index in [1.54, 1.807) is 23.0 Å². The molecule has 2 aromatic rings. The summed E-state index contributed by atoms with van der Waals surface area (Å²) < 4.78 is 28.2. The van der Waals surface area contributed by atoms with Crippen molar-refractivity contribution in [1.29, 1.82) is 0 Å². The van der Waals surface area contributed by atoms with Crippen LogP contribution in [0.3, 0.4) is 0 Å². The van der Waals surface area contributed by atoms with Crippen LogP contribution in [-0.2, 0) is 6.54 Å². The van der Waals surface area contributed by atoms with Crippen molar-refractivity contribution in [3.63, 3.8) is 0 Å². The normalized spacial score (nSPS) is 10.7. The minimum absolute atomic E-state index is 0.0703. The lowest BCUT2D eigenvalue weighted by molar-refractivity contribution is 0.0981. The molecule has 100 valence electrons. The molecule has 0 aliphatic carbocycles. The summed E-state index contributed by atoms with van der Waals surface area (Å²) >= 11 is 0. The van der Waals surface area contributed by atoms with E-state index in [9.17, 15) is 13.6 Å². The van der Waals surface area contributed by atoms with Crippen LogP contribution >= 0.6 is 0 Å². The molecular weight excluding hydrogens is 248 g/mol. The van der Waals surface area contributed by atoms with Gasteiger partial charge < -0.3 is 4.57 Å². The first-order valence-corrected chi connectivity index (χ1v) is 6.23. The molecule has 0 atom stereocenters. The highest BCUT2D eigenvalue weighted by atomic mass is 19.1. The van der Waals surface area contributed by atoms with E-state index in [0.29, 0.717) is 12.0 Å². The smallest absolute Gasteiger partial charge is 0.164 e. The van der Waals surface area contributed by atoms with Crippen LogP contribution in [0.1, 0.15) is 35.7 Å². The highest BCUT2D eigenvalue weighted by Gasteiger charge is 2.08. The zero-order valence-corrected chi connectivity index (χ0v) is 10.7. The van der Waals surface area contributed by atoms with Gasteiger partial charge in [0.2, 0.25) is 0 Å². The summed E-state index contributed by atoms with van der Waals surface area (Å²) in [5.74, 6) is -0.844. The van der Waals surface area contributed by atoms with Crippen LogP contribution in [0.2, 0.25) is 0 Å². The van der Waals surface area contributed by atoms with Gasteiger partial charge in [0.05, 0.1) is 6.54 Å². The fourth-order valence-corrected chi connectivity index (χ4v) is 1.94. The Morgan fingerprint density at radius 1 is 1.26 bits per heavy atom. The highest BCUT2D eigenvalue weighted by Crippen LogP contribution is 2.13. The second kappa shape index (κ2) is 5.78. The highest BCUT2D eigenvalue weighted by molar-refractivity contribution is 5.95. The molecule has 2 nitrogen and oxygen atoms in total. The summed E-state index contributed by atoms with van der Waals surface area (Å²) in [5.41, 5.74) is 0.878. The molecular formula is C15H15F2NO. The number of carbonyl (C=O) groups excluding carboxylic acids is 1. The summed E-state index contributed by atoms with van der Waals surface area (Å²) in [6.07, 6.45) is 4.66. The van der Waals surface area contributed by atoms with E-state index in [0.717, 1.165) is 18.6 Å². The standard InChI is InChI=1S/C15H15F2NO/c1-2-3-15(19)11-6-7-18(9-11)10-12-8-13(16)4-5-14(12)17/h4-9H,2-3,10H2,1H3. The maximum atomic E-state index is 13.5. The summed E-state index contributed by atoms with van der Waals surface area (Å²) in [4.78, 5) is 11.7. The molecule has 1 aromatic heterocycles. The Morgan fingerprint density at radius 2 is 2.05 bits per heavy atom. The number of carbonyl (C=O) groups is 1. The second-order valence-electron chi connectivity index (χ2n) is 4.48. The molecule has 0 saturated heterocycles. The maximum absolute atomic E-state index is 13.5. The molecule has 0 spiro atoms. The minimum Gasteiger partial charge on any atom is -0.349 e. The monoisotopic (exact) mass is 263 g/mol. The topological polar surface area (TPSA) is 22.0 Å². The number of rotatable bonds is 5. The zero-order chi connectivity index (χ0) is 13.8. The number of hydrogen-bond acceptors (Lipinski definition) is 1. The summed E-state index contributed by atoms with van der Waals surface area (Å²) in [7, 11) is 0.